The van der Waals surface area contributed by atoms with Gasteiger partial charge < -0.3 is 9.47 Å². The van der Waals surface area contributed by atoms with E-state index in [-0.39, 0.29) is 5.56 Å². The van der Waals surface area contributed by atoms with Crippen molar-refractivity contribution in [1.82, 2.24) is 9.66 Å². The lowest BCUT2D eigenvalue weighted by Gasteiger charge is -2.21. The van der Waals surface area contributed by atoms with Crippen molar-refractivity contribution < 1.29 is 9.47 Å². The predicted octanol–water partition coefficient (Wildman–Crippen LogP) is 5.01. The molecule has 0 aliphatic rings. The van der Waals surface area contributed by atoms with Crippen LogP contribution in [0.15, 0.2) is 44.7 Å². The Morgan fingerprint density at radius 1 is 1.14 bits per heavy atom. The highest BCUT2D eigenvalue weighted by Gasteiger charge is 2.23. The number of methoxy groups -OCH3 is 2. The second kappa shape index (κ2) is 8.16. The van der Waals surface area contributed by atoms with Crippen molar-refractivity contribution in [2.75, 3.05) is 14.2 Å². The highest BCUT2D eigenvalue weighted by atomic mass is 79.9. The molecule has 0 bridgehead atoms. The summed E-state index contributed by atoms with van der Waals surface area (Å²) in [5.74, 6) is 1.58. The molecule has 0 aliphatic carbocycles. The first kappa shape index (κ1) is 21.3. The molecule has 0 fully saturated rings. The molecule has 2 aromatic carbocycles. The van der Waals surface area contributed by atoms with Crippen molar-refractivity contribution in [2.24, 2.45) is 5.10 Å². The lowest BCUT2D eigenvalue weighted by Crippen LogP contribution is -2.29. The van der Waals surface area contributed by atoms with Gasteiger partial charge in [0, 0.05) is 21.5 Å². The summed E-state index contributed by atoms with van der Waals surface area (Å²) in [6.45, 7) is 5.94. The van der Waals surface area contributed by atoms with E-state index in [9.17, 15) is 4.79 Å². The van der Waals surface area contributed by atoms with Crippen LogP contribution < -0.4 is 15.0 Å². The van der Waals surface area contributed by atoms with Crippen molar-refractivity contribution in [3.63, 3.8) is 0 Å². The zero-order valence-electron chi connectivity index (χ0n) is 16.8. The zero-order valence-corrected chi connectivity index (χ0v) is 19.1. The molecule has 1 heterocycles. The molecule has 1 aromatic heterocycles. The van der Waals surface area contributed by atoms with E-state index < -0.39 is 5.41 Å². The number of fused-ring (bicyclic) bond motifs is 1. The highest BCUT2D eigenvalue weighted by molar-refractivity contribution is 9.10. The van der Waals surface area contributed by atoms with Gasteiger partial charge >= 0.3 is 0 Å². The SMILES string of the molecule is COc1cc(Cl)c(C=Nn2c(C(C)(C)C)nc3ccc(Br)cc3c2=O)cc1OC. The maximum Gasteiger partial charge on any atom is 0.282 e. The average molecular weight is 479 g/mol. The fraction of sp³-hybridized carbons (Fsp3) is 0.286. The highest BCUT2D eigenvalue weighted by Crippen LogP contribution is 2.32. The van der Waals surface area contributed by atoms with E-state index in [1.807, 2.05) is 32.9 Å². The molecule has 0 aliphatic heterocycles. The molecule has 152 valence electrons. The number of halogens is 2. The third kappa shape index (κ3) is 4.31. The van der Waals surface area contributed by atoms with Crippen LogP contribution >= 0.6 is 27.5 Å². The number of hydrogen-bond acceptors (Lipinski definition) is 5. The first-order valence-corrected chi connectivity index (χ1v) is 10.0. The minimum atomic E-state index is -0.404. The van der Waals surface area contributed by atoms with Gasteiger partial charge in [-0.2, -0.15) is 9.78 Å². The molecule has 0 N–H and O–H groups in total. The van der Waals surface area contributed by atoms with Crippen LogP contribution in [0.1, 0.15) is 32.2 Å². The second-order valence-corrected chi connectivity index (χ2v) is 8.76. The van der Waals surface area contributed by atoms with E-state index in [0.29, 0.717) is 38.8 Å². The first-order valence-electron chi connectivity index (χ1n) is 8.84. The van der Waals surface area contributed by atoms with Gasteiger partial charge in [0.25, 0.3) is 5.56 Å². The van der Waals surface area contributed by atoms with Crippen LogP contribution in [0.25, 0.3) is 10.9 Å². The molecule has 3 aromatic rings. The van der Waals surface area contributed by atoms with Crippen LogP contribution in [0.4, 0.5) is 0 Å². The van der Waals surface area contributed by atoms with Gasteiger partial charge in [-0.3, -0.25) is 4.79 Å². The minimum absolute atomic E-state index is 0.255. The standard InChI is InChI=1S/C21H21BrClN3O3/c1-21(2,3)20-25-16-7-6-13(22)9-14(16)19(27)26(20)24-11-12-8-17(28-4)18(29-5)10-15(12)23/h6-11H,1-5H3. The van der Waals surface area contributed by atoms with Gasteiger partial charge in [0.15, 0.2) is 11.5 Å². The molecule has 6 nitrogen and oxygen atoms in total. The van der Waals surface area contributed by atoms with Crippen LogP contribution in [-0.4, -0.2) is 30.1 Å². The predicted molar refractivity (Wildman–Crippen MR) is 120 cm³/mol. The Hall–Kier alpha value is -2.38. The van der Waals surface area contributed by atoms with Gasteiger partial charge in [-0.15, -0.1) is 0 Å². The fourth-order valence-electron chi connectivity index (χ4n) is 2.83. The molecule has 0 saturated carbocycles. The number of rotatable bonds is 4. The van der Waals surface area contributed by atoms with Gasteiger partial charge in [0.1, 0.15) is 5.82 Å². The maximum atomic E-state index is 13.2. The summed E-state index contributed by atoms with van der Waals surface area (Å²) in [4.78, 5) is 17.9. The molecule has 0 amide bonds. The van der Waals surface area contributed by atoms with E-state index in [1.165, 1.54) is 18.0 Å². The Morgan fingerprint density at radius 3 is 2.41 bits per heavy atom. The summed E-state index contributed by atoms with van der Waals surface area (Å²) in [7, 11) is 3.08. The van der Waals surface area contributed by atoms with Crippen LogP contribution in [0.5, 0.6) is 11.5 Å². The third-order valence-corrected chi connectivity index (χ3v) is 5.11. The van der Waals surface area contributed by atoms with Gasteiger partial charge in [-0.05, 0) is 24.3 Å². The van der Waals surface area contributed by atoms with Gasteiger partial charge in [-0.1, -0.05) is 48.3 Å². The number of aromatic nitrogens is 2. The molecule has 29 heavy (non-hydrogen) atoms. The molecule has 0 spiro atoms. The Morgan fingerprint density at radius 2 is 1.79 bits per heavy atom. The van der Waals surface area contributed by atoms with Crippen molar-refractivity contribution in [3.8, 4) is 11.5 Å². The molecular weight excluding hydrogens is 458 g/mol. The monoisotopic (exact) mass is 477 g/mol. The second-order valence-electron chi connectivity index (χ2n) is 7.44. The average Bonchev–Trinajstić information content (AvgIpc) is 2.67. The zero-order chi connectivity index (χ0) is 21.3. The van der Waals surface area contributed by atoms with Gasteiger partial charge in [0.2, 0.25) is 0 Å². The van der Waals surface area contributed by atoms with Crippen LogP contribution in [0, 0.1) is 0 Å². The van der Waals surface area contributed by atoms with Crippen LogP contribution in [-0.2, 0) is 5.41 Å². The minimum Gasteiger partial charge on any atom is -0.493 e. The molecule has 0 radical (unpaired) electrons. The van der Waals surface area contributed by atoms with Crippen LogP contribution in [0.2, 0.25) is 5.02 Å². The van der Waals surface area contributed by atoms with Crippen LogP contribution in [0.3, 0.4) is 0 Å². The number of benzene rings is 2. The Kier molecular flexibility index (Phi) is 6.00. The summed E-state index contributed by atoms with van der Waals surface area (Å²) in [5, 5.41) is 5.33. The van der Waals surface area contributed by atoms with Gasteiger partial charge in [-0.25, -0.2) is 4.98 Å². The lowest BCUT2D eigenvalue weighted by atomic mass is 9.95. The Balaban J connectivity index is 2.22. The molecule has 8 heteroatoms. The van der Waals surface area contributed by atoms with E-state index in [4.69, 9.17) is 26.1 Å². The summed E-state index contributed by atoms with van der Waals surface area (Å²) in [6, 6.07) is 8.77. The number of nitrogens with zero attached hydrogens (tertiary/aromatic N) is 3. The van der Waals surface area contributed by atoms with E-state index in [2.05, 4.69) is 21.0 Å². The summed E-state index contributed by atoms with van der Waals surface area (Å²) in [5.41, 5.74) is 0.553. The first-order chi connectivity index (χ1) is 13.7. The van der Waals surface area contributed by atoms with Crippen molar-refractivity contribution in [3.05, 3.63) is 61.6 Å². The largest absolute Gasteiger partial charge is 0.493 e. The topological polar surface area (TPSA) is 65.7 Å². The lowest BCUT2D eigenvalue weighted by molar-refractivity contribution is 0.355. The summed E-state index contributed by atoms with van der Waals surface area (Å²) >= 11 is 9.76. The fourth-order valence-corrected chi connectivity index (χ4v) is 3.39. The number of hydrogen-bond donors (Lipinski definition) is 0. The Labute approximate surface area is 182 Å². The van der Waals surface area contributed by atoms with Crippen molar-refractivity contribution in [1.29, 1.82) is 0 Å². The summed E-state index contributed by atoms with van der Waals surface area (Å²) in [6.07, 6.45) is 1.52. The van der Waals surface area contributed by atoms with Crippen molar-refractivity contribution >= 4 is 44.6 Å². The normalized spacial score (nSPS) is 12.0. The third-order valence-electron chi connectivity index (χ3n) is 4.29. The van der Waals surface area contributed by atoms with Gasteiger partial charge in [0.05, 0.1) is 36.4 Å². The van der Waals surface area contributed by atoms with E-state index in [1.54, 1.807) is 25.3 Å². The molecule has 0 atom stereocenters. The molecular formula is C21H21BrClN3O3. The molecule has 0 saturated heterocycles. The molecule has 3 rings (SSSR count). The van der Waals surface area contributed by atoms with E-state index >= 15 is 0 Å². The molecule has 0 unspecified atom stereocenters. The quantitative estimate of drug-likeness (QED) is 0.495. The van der Waals surface area contributed by atoms with Crippen molar-refractivity contribution in [2.45, 2.75) is 26.2 Å². The summed E-state index contributed by atoms with van der Waals surface area (Å²) < 4.78 is 12.7. The van der Waals surface area contributed by atoms with E-state index in [0.717, 1.165) is 4.47 Å². The smallest absolute Gasteiger partial charge is 0.282 e. The maximum absolute atomic E-state index is 13.2. The number of ether oxygens (including phenoxy) is 2. The Bertz CT molecular complexity index is 1170.